The predicted octanol–water partition coefficient (Wildman–Crippen LogP) is 6.08. The maximum atomic E-state index is 13.7. The molecule has 1 fully saturated rings. The predicted molar refractivity (Wildman–Crippen MR) is 129 cm³/mol. The molecule has 33 heavy (non-hydrogen) atoms. The van der Waals surface area contributed by atoms with Gasteiger partial charge in [-0.3, -0.25) is 4.79 Å². The van der Waals surface area contributed by atoms with E-state index in [1.165, 1.54) is 4.90 Å². The van der Waals surface area contributed by atoms with Crippen LogP contribution in [0.2, 0.25) is 5.02 Å². The van der Waals surface area contributed by atoms with Crippen molar-refractivity contribution in [3.8, 4) is 16.9 Å². The molecule has 1 heterocycles. The average Bonchev–Trinajstić information content (AvgIpc) is 3.10. The van der Waals surface area contributed by atoms with Crippen molar-refractivity contribution in [3.05, 3.63) is 88.9 Å². The van der Waals surface area contributed by atoms with Crippen molar-refractivity contribution < 1.29 is 19.4 Å². The number of carboxylic acid groups (broad SMARTS) is 1. The molecule has 0 aromatic heterocycles. The molecule has 6 heteroatoms. The van der Waals surface area contributed by atoms with Gasteiger partial charge in [0.2, 0.25) is 0 Å². The Morgan fingerprint density at radius 3 is 2.27 bits per heavy atom. The molecule has 1 aliphatic heterocycles. The highest BCUT2D eigenvalue weighted by molar-refractivity contribution is 6.31. The molecule has 0 spiro atoms. The first-order valence-corrected chi connectivity index (χ1v) is 11.2. The van der Waals surface area contributed by atoms with Gasteiger partial charge >= 0.3 is 5.97 Å². The molecule has 0 aliphatic carbocycles. The van der Waals surface area contributed by atoms with Gasteiger partial charge < -0.3 is 14.7 Å². The van der Waals surface area contributed by atoms with Gasteiger partial charge in [0.15, 0.2) is 0 Å². The molecule has 2 atom stereocenters. The number of hydrogen-bond acceptors (Lipinski definition) is 3. The maximum Gasteiger partial charge on any atom is 0.326 e. The lowest BCUT2D eigenvalue weighted by Gasteiger charge is -2.34. The topological polar surface area (TPSA) is 66.8 Å². The number of hydrogen-bond donors (Lipinski definition) is 1. The number of methoxy groups -OCH3 is 1. The summed E-state index contributed by atoms with van der Waals surface area (Å²) in [4.78, 5) is 27.4. The van der Waals surface area contributed by atoms with Crippen molar-refractivity contribution in [2.24, 2.45) is 5.41 Å². The number of ether oxygens (including phenoxy) is 1. The smallest absolute Gasteiger partial charge is 0.326 e. The summed E-state index contributed by atoms with van der Waals surface area (Å²) in [5, 5.41) is 10.5. The Morgan fingerprint density at radius 1 is 1.00 bits per heavy atom. The molecular weight excluding hydrogens is 438 g/mol. The van der Waals surface area contributed by atoms with Crippen LogP contribution >= 0.6 is 11.6 Å². The first kappa shape index (κ1) is 22.9. The van der Waals surface area contributed by atoms with Gasteiger partial charge in [-0.2, -0.15) is 0 Å². The van der Waals surface area contributed by atoms with Crippen LogP contribution in [0.15, 0.2) is 72.8 Å². The number of carbonyl (C=O) groups is 2. The summed E-state index contributed by atoms with van der Waals surface area (Å²) < 4.78 is 5.44. The van der Waals surface area contributed by atoms with Gasteiger partial charge in [0.25, 0.3) is 5.91 Å². The molecular formula is C27H26ClNO4. The van der Waals surface area contributed by atoms with Crippen LogP contribution in [-0.2, 0) is 4.79 Å². The molecule has 3 aromatic rings. The van der Waals surface area contributed by atoms with Crippen molar-refractivity contribution >= 4 is 23.5 Å². The third-order valence-corrected chi connectivity index (χ3v) is 6.69. The Labute approximate surface area is 198 Å². The fraction of sp³-hybridized carbons (Fsp3) is 0.259. The van der Waals surface area contributed by atoms with Crippen LogP contribution in [0, 0.1) is 5.41 Å². The second-order valence-electron chi connectivity index (χ2n) is 8.96. The minimum atomic E-state index is -1.02. The molecule has 4 rings (SSSR count). The summed E-state index contributed by atoms with van der Waals surface area (Å²) in [5.74, 6) is -0.608. The van der Waals surface area contributed by atoms with Crippen LogP contribution in [0.25, 0.3) is 11.1 Å². The maximum absolute atomic E-state index is 13.7. The third kappa shape index (κ3) is 4.21. The van der Waals surface area contributed by atoms with E-state index < -0.39 is 23.5 Å². The second-order valence-corrected chi connectivity index (χ2v) is 9.37. The number of amides is 1. The van der Waals surface area contributed by atoms with Gasteiger partial charge in [0.1, 0.15) is 11.8 Å². The zero-order valence-corrected chi connectivity index (χ0v) is 19.5. The zero-order valence-electron chi connectivity index (χ0n) is 18.8. The van der Waals surface area contributed by atoms with Gasteiger partial charge in [-0.05, 0) is 47.2 Å². The third-order valence-electron chi connectivity index (χ3n) is 6.34. The van der Waals surface area contributed by atoms with Gasteiger partial charge in [0, 0.05) is 16.1 Å². The van der Waals surface area contributed by atoms with Gasteiger partial charge in [-0.1, -0.05) is 74.0 Å². The first-order chi connectivity index (χ1) is 15.7. The number of likely N-dealkylation sites (tertiary alicyclic amines) is 1. The van der Waals surface area contributed by atoms with E-state index in [9.17, 15) is 14.7 Å². The normalized spacial score (nSPS) is 19.3. The Bertz CT molecular complexity index is 1190. The van der Waals surface area contributed by atoms with E-state index in [0.717, 1.165) is 22.4 Å². The first-order valence-electron chi connectivity index (χ1n) is 10.8. The number of rotatable bonds is 5. The number of carbonyl (C=O) groups excluding carboxylic acids is 1. The summed E-state index contributed by atoms with van der Waals surface area (Å²) in [7, 11) is 1.62. The zero-order chi connectivity index (χ0) is 23.8. The van der Waals surface area contributed by atoms with E-state index in [1.807, 2.05) is 68.4 Å². The van der Waals surface area contributed by atoms with Crippen LogP contribution in [0.1, 0.15) is 42.2 Å². The van der Waals surface area contributed by atoms with E-state index in [0.29, 0.717) is 17.0 Å². The summed E-state index contributed by atoms with van der Waals surface area (Å²) in [6.45, 7) is 3.96. The van der Waals surface area contributed by atoms with E-state index in [1.54, 1.807) is 25.3 Å². The van der Waals surface area contributed by atoms with Gasteiger partial charge in [-0.25, -0.2) is 4.79 Å². The van der Waals surface area contributed by atoms with Crippen molar-refractivity contribution in [1.82, 2.24) is 4.90 Å². The molecule has 0 bridgehead atoms. The SMILES string of the molecule is COc1ccccc1-c1ccc(C(=O)N2C(c3ccccc3Cl)C(C)(C)C[C@H]2C(=O)O)cc1. The Kier molecular flexibility index (Phi) is 6.17. The lowest BCUT2D eigenvalue weighted by atomic mass is 9.80. The molecule has 3 aromatic carbocycles. The Balaban J connectivity index is 1.74. The highest BCUT2D eigenvalue weighted by Gasteiger charge is 2.52. The molecule has 1 N–H and O–H groups in total. The number of benzene rings is 3. The summed E-state index contributed by atoms with van der Waals surface area (Å²) in [6, 6.07) is 20.7. The highest BCUT2D eigenvalue weighted by Crippen LogP contribution is 2.51. The van der Waals surface area contributed by atoms with Crippen molar-refractivity contribution in [3.63, 3.8) is 0 Å². The lowest BCUT2D eigenvalue weighted by Crippen LogP contribution is -2.42. The van der Waals surface area contributed by atoms with Crippen LogP contribution in [-0.4, -0.2) is 35.0 Å². The van der Waals surface area contributed by atoms with E-state index in [2.05, 4.69) is 0 Å². The number of carboxylic acids is 1. The van der Waals surface area contributed by atoms with Gasteiger partial charge in [0.05, 0.1) is 13.2 Å². The summed E-state index contributed by atoms with van der Waals surface area (Å²) in [6.07, 6.45) is 0.337. The second kappa shape index (κ2) is 8.91. The average molecular weight is 464 g/mol. The van der Waals surface area contributed by atoms with Crippen LogP contribution in [0.3, 0.4) is 0 Å². The minimum absolute atomic E-state index is 0.329. The van der Waals surface area contributed by atoms with Crippen molar-refractivity contribution in [2.75, 3.05) is 7.11 Å². The standard InChI is InChI=1S/C27H26ClNO4/c1-27(2)16-22(26(31)32)29(24(27)20-9-4-6-10-21(20)28)25(30)18-14-12-17(13-15-18)19-8-5-7-11-23(19)33-3/h4-15,22,24H,16H2,1-3H3,(H,31,32)/t22-,24?/m0/s1. The highest BCUT2D eigenvalue weighted by atomic mass is 35.5. The number of para-hydroxylation sites is 1. The molecule has 0 saturated carbocycles. The monoisotopic (exact) mass is 463 g/mol. The van der Waals surface area contributed by atoms with Crippen LogP contribution < -0.4 is 4.74 Å². The molecule has 170 valence electrons. The molecule has 1 unspecified atom stereocenters. The minimum Gasteiger partial charge on any atom is -0.496 e. The fourth-order valence-electron chi connectivity index (χ4n) is 4.82. The molecule has 5 nitrogen and oxygen atoms in total. The fourth-order valence-corrected chi connectivity index (χ4v) is 5.06. The summed E-state index contributed by atoms with van der Waals surface area (Å²) in [5.41, 5.74) is 2.53. The quantitative estimate of drug-likeness (QED) is 0.497. The number of nitrogens with zero attached hydrogens (tertiary/aromatic N) is 1. The molecule has 1 amide bonds. The number of aliphatic carboxylic acids is 1. The lowest BCUT2D eigenvalue weighted by molar-refractivity contribution is -0.141. The van der Waals surface area contributed by atoms with Crippen LogP contribution in [0.5, 0.6) is 5.75 Å². The van der Waals surface area contributed by atoms with E-state index >= 15 is 0 Å². The molecule has 0 radical (unpaired) electrons. The Morgan fingerprint density at radius 2 is 1.64 bits per heavy atom. The van der Waals surface area contributed by atoms with Crippen molar-refractivity contribution in [1.29, 1.82) is 0 Å². The summed E-state index contributed by atoms with van der Waals surface area (Å²) >= 11 is 6.49. The van der Waals surface area contributed by atoms with Crippen LogP contribution in [0.4, 0.5) is 0 Å². The number of halogens is 1. The molecule has 1 aliphatic rings. The Hall–Kier alpha value is -3.31. The van der Waals surface area contributed by atoms with E-state index in [-0.39, 0.29) is 5.91 Å². The van der Waals surface area contributed by atoms with Gasteiger partial charge in [-0.15, -0.1) is 0 Å². The van der Waals surface area contributed by atoms with Crippen molar-refractivity contribution in [2.45, 2.75) is 32.4 Å². The molecule has 1 saturated heterocycles. The van der Waals surface area contributed by atoms with E-state index in [4.69, 9.17) is 16.3 Å². The largest absolute Gasteiger partial charge is 0.496 e.